The lowest BCUT2D eigenvalue weighted by atomic mass is 10.2. The number of carbonyl (C=O) groups is 1. The van der Waals surface area contributed by atoms with Gasteiger partial charge in [-0.3, -0.25) is 4.90 Å². The van der Waals surface area contributed by atoms with Crippen molar-refractivity contribution in [2.75, 3.05) is 11.4 Å². The van der Waals surface area contributed by atoms with E-state index in [2.05, 4.69) is 0 Å². The Hall–Kier alpha value is -1.60. The molecule has 110 valence electrons. The number of fused-ring (bicyclic) bond motifs is 1. The standard InChI is InChI=1S/C13H18N2O4S/c1-13(2,3)19-12(16)15-8-7-9-5-4-6-10(11(9)15)20(14,17)18/h4-6H,7-8H2,1-3H3,(H2,14,17,18). The van der Waals surface area contributed by atoms with Gasteiger partial charge in [-0.15, -0.1) is 0 Å². The molecule has 6 nitrogen and oxygen atoms in total. The molecule has 0 bridgehead atoms. The number of benzene rings is 1. The van der Waals surface area contributed by atoms with Crippen LogP contribution < -0.4 is 10.0 Å². The van der Waals surface area contributed by atoms with Crippen LogP contribution in [-0.2, 0) is 21.2 Å². The van der Waals surface area contributed by atoms with Gasteiger partial charge in [-0.05, 0) is 38.8 Å². The van der Waals surface area contributed by atoms with Crippen LogP contribution in [-0.4, -0.2) is 26.7 Å². The van der Waals surface area contributed by atoms with Crippen LogP contribution in [0.2, 0.25) is 0 Å². The molecule has 0 atom stereocenters. The van der Waals surface area contributed by atoms with Crippen molar-refractivity contribution in [1.29, 1.82) is 0 Å². The summed E-state index contributed by atoms with van der Waals surface area (Å²) in [6.45, 7) is 5.66. The molecule has 0 spiro atoms. The van der Waals surface area contributed by atoms with E-state index in [4.69, 9.17) is 9.88 Å². The summed E-state index contributed by atoms with van der Waals surface area (Å²) in [5, 5.41) is 5.21. The highest BCUT2D eigenvalue weighted by atomic mass is 32.2. The maximum Gasteiger partial charge on any atom is 0.414 e. The molecule has 0 unspecified atom stereocenters. The Morgan fingerprint density at radius 1 is 1.35 bits per heavy atom. The average Bonchev–Trinajstić information content (AvgIpc) is 2.68. The lowest BCUT2D eigenvalue weighted by Crippen LogP contribution is -2.36. The van der Waals surface area contributed by atoms with Crippen LogP contribution in [0.5, 0.6) is 0 Å². The minimum Gasteiger partial charge on any atom is -0.443 e. The van der Waals surface area contributed by atoms with Crippen molar-refractivity contribution >= 4 is 21.8 Å². The molecule has 7 heteroatoms. The number of hydrogen-bond donors (Lipinski definition) is 1. The van der Waals surface area contributed by atoms with E-state index in [1.165, 1.54) is 11.0 Å². The van der Waals surface area contributed by atoms with Crippen molar-refractivity contribution in [3.63, 3.8) is 0 Å². The normalized spacial score (nSPS) is 15.1. The van der Waals surface area contributed by atoms with Gasteiger partial charge in [0.15, 0.2) is 0 Å². The molecule has 2 N–H and O–H groups in total. The van der Waals surface area contributed by atoms with Crippen molar-refractivity contribution in [3.8, 4) is 0 Å². The fourth-order valence-corrected chi connectivity index (χ4v) is 2.93. The molecule has 20 heavy (non-hydrogen) atoms. The van der Waals surface area contributed by atoms with Crippen LogP contribution in [0.4, 0.5) is 10.5 Å². The van der Waals surface area contributed by atoms with Crippen LogP contribution in [0.1, 0.15) is 26.3 Å². The Bertz CT molecular complexity index is 647. The van der Waals surface area contributed by atoms with Gasteiger partial charge in [0.2, 0.25) is 10.0 Å². The van der Waals surface area contributed by atoms with Crippen molar-refractivity contribution in [2.24, 2.45) is 5.14 Å². The monoisotopic (exact) mass is 298 g/mol. The molecule has 1 aromatic carbocycles. The lowest BCUT2D eigenvalue weighted by molar-refractivity contribution is 0.0583. The highest BCUT2D eigenvalue weighted by Gasteiger charge is 2.33. The summed E-state index contributed by atoms with van der Waals surface area (Å²) >= 11 is 0. The Labute approximate surface area is 118 Å². The first-order valence-electron chi connectivity index (χ1n) is 6.25. The quantitative estimate of drug-likeness (QED) is 0.853. The molecule has 1 aliphatic heterocycles. The van der Waals surface area contributed by atoms with Crippen LogP contribution in [0.15, 0.2) is 23.1 Å². The zero-order valence-corrected chi connectivity index (χ0v) is 12.5. The van der Waals surface area contributed by atoms with Crippen LogP contribution >= 0.6 is 0 Å². The second-order valence-corrected chi connectivity index (χ2v) is 7.22. The van der Waals surface area contributed by atoms with Crippen LogP contribution in [0.3, 0.4) is 0 Å². The van der Waals surface area contributed by atoms with Crippen molar-refractivity contribution in [2.45, 2.75) is 37.7 Å². The van der Waals surface area contributed by atoms with Crippen LogP contribution in [0, 0.1) is 0 Å². The number of nitrogens with zero attached hydrogens (tertiary/aromatic N) is 1. The van der Waals surface area contributed by atoms with E-state index in [0.29, 0.717) is 18.7 Å². The molecule has 0 saturated carbocycles. The fourth-order valence-electron chi connectivity index (χ4n) is 2.15. The number of sulfonamides is 1. The summed E-state index contributed by atoms with van der Waals surface area (Å²) in [4.78, 5) is 13.5. The largest absolute Gasteiger partial charge is 0.443 e. The molecule has 1 heterocycles. The van der Waals surface area contributed by atoms with Gasteiger partial charge in [0.25, 0.3) is 0 Å². The van der Waals surface area contributed by atoms with Gasteiger partial charge in [0.05, 0.1) is 5.69 Å². The minimum absolute atomic E-state index is 0.0432. The predicted molar refractivity (Wildman–Crippen MR) is 75.1 cm³/mol. The number of rotatable bonds is 1. The Balaban J connectivity index is 2.44. The molecule has 0 aliphatic carbocycles. The zero-order valence-electron chi connectivity index (χ0n) is 11.7. The van der Waals surface area contributed by atoms with E-state index >= 15 is 0 Å². The van der Waals surface area contributed by atoms with E-state index in [-0.39, 0.29) is 4.90 Å². The Kier molecular flexibility index (Phi) is 3.51. The first-order valence-corrected chi connectivity index (χ1v) is 7.79. The predicted octanol–water partition coefficient (Wildman–Crippen LogP) is 1.63. The highest BCUT2D eigenvalue weighted by molar-refractivity contribution is 7.89. The molecule has 1 aromatic rings. The summed E-state index contributed by atoms with van der Waals surface area (Å²) in [6.07, 6.45) is 0.0186. The SMILES string of the molecule is CC(C)(C)OC(=O)N1CCc2cccc(S(N)(=O)=O)c21. The van der Waals surface area contributed by atoms with Crippen molar-refractivity contribution in [1.82, 2.24) is 0 Å². The summed E-state index contributed by atoms with van der Waals surface area (Å²) in [5.74, 6) is 0. The lowest BCUT2D eigenvalue weighted by Gasteiger charge is -2.25. The van der Waals surface area contributed by atoms with Gasteiger partial charge in [-0.25, -0.2) is 18.4 Å². The van der Waals surface area contributed by atoms with Gasteiger partial charge in [0, 0.05) is 6.54 Å². The van der Waals surface area contributed by atoms with E-state index in [1.807, 2.05) is 0 Å². The second kappa shape index (κ2) is 4.75. The molecule has 1 amide bonds. The maximum absolute atomic E-state index is 12.2. The smallest absolute Gasteiger partial charge is 0.414 e. The Morgan fingerprint density at radius 3 is 2.55 bits per heavy atom. The zero-order chi connectivity index (χ0) is 15.1. The number of carbonyl (C=O) groups excluding carboxylic acids is 1. The summed E-state index contributed by atoms with van der Waals surface area (Å²) < 4.78 is 28.6. The van der Waals surface area contributed by atoms with Gasteiger partial charge >= 0.3 is 6.09 Å². The summed E-state index contributed by atoms with van der Waals surface area (Å²) in [7, 11) is -3.89. The molecule has 0 aromatic heterocycles. The van der Waals surface area contributed by atoms with E-state index in [9.17, 15) is 13.2 Å². The van der Waals surface area contributed by atoms with Gasteiger partial charge in [0.1, 0.15) is 10.5 Å². The third-order valence-electron chi connectivity index (χ3n) is 2.88. The second-order valence-electron chi connectivity index (χ2n) is 5.69. The summed E-state index contributed by atoms with van der Waals surface area (Å²) in [5.41, 5.74) is 0.475. The number of ether oxygens (including phenoxy) is 1. The maximum atomic E-state index is 12.2. The number of primary sulfonamides is 1. The molecule has 2 rings (SSSR count). The minimum atomic E-state index is -3.89. The number of hydrogen-bond acceptors (Lipinski definition) is 4. The molecule has 0 fully saturated rings. The first kappa shape index (κ1) is 14.8. The molecule has 0 radical (unpaired) electrons. The summed E-state index contributed by atoms with van der Waals surface area (Å²) in [6, 6.07) is 4.81. The molecular formula is C13H18N2O4S. The molecular weight excluding hydrogens is 280 g/mol. The van der Waals surface area contributed by atoms with Crippen molar-refractivity contribution < 1.29 is 17.9 Å². The topological polar surface area (TPSA) is 89.7 Å². The van der Waals surface area contributed by atoms with Crippen LogP contribution in [0.25, 0.3) is 0 Å². The number of para-hydroxylation sites is 1. The van der Waals surface area contributed by atoms with Gasteiger partial charge < -0.3 is 4.74 Å². The average molecular weight is 298 g/mol. The third-order valence-corrected chi connectivity index (χ3v) is 3.82. The van der Waals surface area contributed by atoms with Gasteiger partial charge in [-0.2, -0.15) is 0 Å². The Morgan fingerprint density at radius 2 is 2.00 bits per heavy atom. The number of amides is 1. The first-order chi connectivity index (χ1) is 9.09. The van der Waals surface area contributed by atoms with E-state index in [1.54, 1.807) is 32.9 Å². The van der Waals surface area contributed by atoms with Crippen molar-refractivity contribution in [3.05, 3.63) is 23.8 Å². The van der Waals surface area contributed by atoms with E-state index in [0.717, 1.165) is 5.56 Å². The third kappa shape index (κ3) is 2.94. The molecule has 0 saturated heterocycles. The fraction of sp³-hybridized carbons (Fsp3) is 0.462. The van der Waals surface area contributed by atoms with E-state index < -0.39 is 21.7 Å². The number of anilines is 1. The molecule has 1 aliphatic rings. The highest BCUT2D eigenvalue weighted by Crippen LogP contribution is 2.34. The van der Waals surface area contributed by atoms with Gasteiger partial charge in [-0.1, -0.05) is 12.1 Å². The number of nitrogens with two attached hydrogens (primary N) is 1.